The molecular weight excluding hydrogens is 947 g/mol. The fraction of sp³-hybridized carbons (Fsp3) is 0.0161. The van der Waals surface area contributed by atoms with Crippen LogP contribution in [0.2, 0.25) is 0 Å². The van der Waals surface area contributed by atoms with Gasteiger partial charge in [0.2, 0.25) is 0 Å². The highest BCUT2D eigenvalue weighted by molar-refractivity contribution is 7.26. The summed E-state index contributed by atoms with van der Waals surface area (Å²) in [6.45, 7) is -0.702. The van der Waals surface area contributed by atoms with Crippen LogP contribution in [0, 0.1) is 0 Å². The van der Waals surface area contributed by atoms with Gasteiger partial charge in [-0.2, -0.15) is 0 Å². The quantitative estimate of drug-likeness (QED) is 0.116. The molecule has 0 spiro atoms. The summed E-state index contributed by atoms with van der Waals surface area (Å²) in [5.41, 5.74) is 11.3. The molecule has 0 bridgehead atoms. The van der Waals surface area contributed by atoms with Crippen LogP contribution in [0.15, 0.2) is 231 Å². The first-order valence-electron chi connectivity index (χ1n) is 23.4. The van der Waals surface area contributed by atoms with E-state index in [1.165, 1.54) is 0 Å². The molecule has 0 aliphatic carbocycles. The number of carbonyl (C=O) groups is 3. The molecule has 2 amide bonds. The Hall–Kier alpha value is -8.67. The van der Waals surface area contributed by atoms with Gasteiger partial charge < -0.3 is 14.9 Å². The predicted molar refractivity (Wildman–Crippen MR) is 297 cm³/mol. The number of anilines is 6. The third kappa shape index (κ3) is 8.27. The summed E-state index contributed by atoms with van der Waals surface area (Å²) in [6, 6.07) is 79.2. The molecule has 8 aromatic carbocycles. The lowest BCUT2D eigenvalue weighted by Gasteiger charge is -2.26. The molecule has 11 aromatic rings. The standard InChI is InChI=1S/C62H41N3O4S3/c66-58(67)39-63-61(68)50-23-13-22-49-48(32-33-51(59(49)50)62(63)69)57-38-52(55-36-34-53(70-55)40-24-28-46(29-25-40)64(42-14-5-1-6-15-42)43-16-7-2-8-17-43)60(72-57)56-37-35-54(71-56)41-26-30-47(31-27-41)65(44-18-9-3-10-19-44)45-20-11-4-12-21-45/h1-38H,39H2,(H,66,67). The minimum Gasteiger partial charge on any atom is -0.480 e. The number of rotatable bonds is 13. The largest absolute Gasteiger partial charge is 0.480 e. The Morgan fingerprint density at radius 1 is 0.389 bits per heavy atom. The van der Waals surface area contributed by atoms with Gasteiger partial charge >= 0.3 is 5.97 Å². The summed E-state index contributed by atoms with van der Waals surface area (Å²) >= 11 is 5.18. The maximum atomic E-state index is 13.7. The van der Waals surface area contributed by atoms with E-state index in [0.29, 0.717) is 16.5 Å². The summed E-state index contributed by atoms with van der Waals surface area (Å²) in [7, 11) is 0. The van der Waals surface area contributed by atoms with Crippen molar-refractivity contribution in [3.05, 3.63) is 242 Å². The van der Waals surface area contributed by atoms with E-state index in [2.05, 4.69) is 186 Å². The van der Waals surface area contributed by atoms with Crippen LogP contribution in [0.1, 0.15) is 20.7 Å². The van der Waals surface area contributed by atoms with Crippen LogP contribution in [0.5, 0.6) is 0 Å². The van der Waals surface area contributed by atoms with Crippen molar-refractivity contribution >= 4 is 96.7 Å². The van der Waals surface area contributed by atoms with E-state index in [0.717, 1.165) is 95.9 Å². The van der Waals surface area contributed by atoms with E-state index in [4.69, 9.17) is 0 Å². The number of amides is 2. The number of carboxylic acids is 1. The molecule has 72 heavy (non-hydrogen) atoms. The second kappa shape index (κ2) is 18.9. The Morgan fingerprint density at radius 3 is 1.29 bits per heavy atom. The van der Waals surface area contributed by atoms with Crippen molar-refractivity contribution in [2.75, 3.05) is 16.3 Å². The van der Waals surface area contributed by atoms with Gasteiger partial charge in [-0.1, -0.05) is 115 Å². The van der Waals surface area contributed by atoms with E-state index >= 15 is 0 Å². The third-order valence-corrected chi connectivity index (χ3v) is 16.5. The molecule has 0 radical (unpaired) electrons. The van der Waals surface area contributed by atoms with Crippen molar-refractivity contribution in [3.8, 4) is 51.5 Å². The van der Waals surface area contributed by atoms with Gasteiger partial charge in [0.1, 0.15) is 6.54 Å². The molecule has 10 heteroatoms. The highest BCUT2D eigenvalue weighted by atomic mass is 32.1. The predicted octanol–water partition coefficient (Wildman–Crippen LogP) is 17.0. The second-order valence-electron chi connectivity index (χ2n) is 17.3. The molecule has 1 N–H and O–H groups in total. The average Bonchev–Trinajstić information content (AvgIpc) is 4.23. The number of carboxylic acid groups (broad SMARTS) is 1. The summed E-state index contributed by atoms with van der Waals surface area (Å²) < 4.78 is 0. The molecule has 0 saturated heterocycles. The van der Waals surface area contributed by atoms with Gasteiger partial charge in [0.15, 0.2) is 0 Å². The molecule has 1 aliphatic heterocycles. The molecule has 346 valence electrons. The number of imide groups is 1. The van der Waals surface area contributed by atoms with E-state index in [9.17, 15) is 19.5 Å². The zero-order chi connectivity index (χ0) is 48.7. The van der Waals surface area contributed by atoms with Crippen molar-refractivity contribution in [3.63, 3.8) is 0 Å². The first-order chi connectivity index (χ1) is 35.4. The van der Waals surface area contributed by atoms with Gasteiger partial charge in [-0.05, 0) is 137 Å². The van der Waals surface area contributed by atoms with Crippen LogP contribution in [-0.4, -0.2) is 34.3 Å². The van der Waals surface area contributed by atoms with Crippen molar-refractivity contribution < 1.29 is 19.5 Å². The van der Waals surface area contributed by atoms with E-state index in [-0.39, 0.29) is 0 Å². The van der Waals surface area contributed by atoms with Crippen LogP contribution < -0.4 is 9.80 Å². The highest BCUT2D eigenvalue weighted by Crippen LogP contribution is 2.51. The first-order valence-corrected chi connectivity index (χ1v) is 25.8. The fourth-order valence-electron chi connectivity index (χ4n) is 9.53. The van der Waals surface area contributed by atoms with Crippen LogP contribution >= 0.6 is 34.0 Å². The Bertz CT molecular complexity index is 3510. The van der Waals surface area contributed by atoms with Crippen LogP contribution in [-0.2, 0) is 4.79 Å². The number of hydrogen-bond acceptors (Lipinski definition) is 8. The molecule has 1 aliphatic rings. The normalized spacial score (nSPS) is 12.1. The van der Waals surface area contributed by atoms with Gasteiger partial charge in [-0.15, -0.1) is 34.0 Å². The van der Waals surface area contributed by atoms with Crippen molar-refractivity contribution in [1.29, 1.82) is 0 Å². The fourth-order valence-corrected chi connectivity index (χ4v) is 13.0. The molecule has 0 fully saturated rings. The zero-order valence-electron chi connectivity index (χ0n) is 38.4. The van der Waals surface area contributed by atoms with Gasteiger partial charge in [0.25, 0.3) is 11.8 Å². The van der Waals surface area contributed by atoms with E-state index < -0.39 is 24.3 Å². The molecule has 4 heterocycles. The van der Waals surface area contributed by atoms with Crippen LogP contribution in [0.4, 0.5) is 34.1 Å². The molecule has 3 aromatic heterocycles. The minimum absolute atomic E-state index is 0.316. The summed E-state index contributed by atoms with van der Waals surface area (Å²) in [5.74, 6) is -2.46. The number of hydrogen-bond donors (Lipinski definition) is 1. The molecule has 7 nitrogen and oxygen atoms in total. The average molecular weight is 988 g/mol. The topological polar surface area (TPSA) is 81.2 Å². The lowest BCUT2D eigenvalue weighted by molar-refractivity contribution is -0.137. The summed E-state index contributed by atoms with van der Waals surface area (Å²) in [5, 5.41) is 10.9. The highest BCUT2D eigenvalue weighted by Gasteiger charge is 2.35. The molecule has 0 atom stereocenters. The van der Waals surface area contributed by atoms with Crippen molar-refractivity contribution in [2.24, 2.45) is 0 Å². The maximum Gasteiger partial charge on any atom is 0.323 e. The molecule has 0 unspecified atom stereocenters. The van der Waals surface area contributed by atoms with Gasteiger partial charge in [-0.3, -0.25) is 19.3 Å². The Morgan fingerprint density at radius 2 is 0.806 bits per heavy atom. The van der Waals surface area contributed by atoms with Crippen molar-refractivity contribution in [1.82, 2.24) is 4.90 Å². The van der Waals surface area contributed by atoms with Gasteiger partial charge in [-0.25, -0.2) is 0 Å². The van der Waals surface area contributed by atoms with Crippen LogP contribution in [0.3, 0.4) is 0 Å². The monoisotopic (exact) mass is 987 g/mol. The Balaban J connectivity index is 0.927. The second-order valence-corrected chi connectivity index (χ2v) is 20.5. The lowest BCUT2D eigenvalue weighted by Crippen LogP contribution is -2.43. The smallest absolute Gasteiger partial charge is 0.323 e. The lowest BCUT2D eigenvalue weighted by atomic mass is 9.90. The van der Waals surface area contributed by atoms with Gasteiger partial charge in [0.05, 0.1) is 4.88 Å². The number of benzene rings is 8. The number of carbonyl (C=O) groups excluding carboxylic acids is 2. The number of para-hydroxylation sites is 4. The van der Waals surface area contributed by atoms with E-state index in [1.807, 2.05) is 36.4 Å². The zero-order valence-corrected chi connectivity index (χ0v) is 40.8. The third-order valence-electron chi connectivity index (χ3n) is 12.9. The van der Waals surface area contributed by atoms with E-state index in [1.54, 1.807) is 52.2 Å². The Labute approximate surface area is 428 Å². The molecule has 0 saturated carbocycles. The number of aliphatic carboxylic acids is 1. The van der Waals surface area contributed by atoms with Gasteiger partial charge in [0, 0.05) is 80.6 Å². The molecular formula is C62H41N3O4S3. The number of thiophene rings is 3. The summed E-state index contributed by atoms with van der Waals surface area (Å²) in [4.78, 5) is 51.0. The number of nitrogens with zero attached hydrogens (tertiary/aromatic N) is 3. The molecule has 12 rings (SSSR count). The maximum absolute atomic E-state index is 13.7. The Kier molecular flexibility index (Phi) is 11.7. The summed E-state index contributed by atoms with van der Waals surface area (Å²) in [6.07, 6.45) is 0. The first kappa shape index (κ1) is 44.5. The SMILES string of the molecule is O=C(O)CN1C(=O)c2cccc3c(-c4cc(-c5ccc(-c6ccc(N(c7ccccc7)c7ccccc7)cc6)s5)c(-c5ccc(-c6ccc(N(c7ccccc7)c7ccccc7)cc6)s5)s4)ccc(c23)C1=O. The van der Waals surface area contributed by atoms with Crippen LogP contribution in [0.25, 0.3) is 62.3 Å². The minimum atomic E-state index is -1.25. The van der Waals surface area contributed by atoms with Crippen molar-refractivity contribution in [2.45, 2.75) is 0 Å².